The molecule has 0 aromatic heterocycles. The largest absolute Gasteiger partial charge is 0.453 e. The summed E-state index contributed by atoms with van der Waals surface area (Å²) < 4.78 is 9.28. The van der Waals surface area contributed by atoms with E-state index in [0.29, 0.717) is 18.7 Å². The van der Waals surface area contributed by atoms with Crippen LogP contribution in [0.25, 0.3) is 0 Å². The smallest absolute Gasteiger partial charge is 0.413 e. The van der Waals surface area contributed by atoms with Gasteiger partial charge in [0, 0.05) is 18.7 Å². The number of nitrogens with one attached hydrogen (secondary N) is 1. The molecule has 1 atom stereocenters. The van der Waals surface area contributed by atoms with E-state index in [0.717, 1.165) is 13.5 Å². The Balaban J connectivity index is 1.96. The number of carbonyl (C=O) groups excluding carboxylic acids is 4. The van der Waals surface area contributed by atoms with Crippen LogP contribution in [0.15, 0.2) is 24.3 Å². The second kappa shape index (κ2) is 7.58. The first-order valence-corrected chi connectivity index (χ1v) is 7.42. The Kier molecular flexibility index (Phi) is 5.51. The van der Waals surface area contributed by atoms with Crippen LogP contribution in [0.1, 0.15) is 30.1 Å². The van der Waals surface area contributed by atoms with Crippen molar-refractivity contribution in [3.05, 3.63) is 29.8 Å². The molecule has 0 aliphatic carbocycles. The molecule has 1 aliphatic heterocycles. The third kappa shape index (κ3) is 4.09. The lowest BCUT2D eigenvalue weighted by molar-refractivity contribution is -0.128. The van der Waals surface area contributed by atoms with Crippen molar-refractivity contribution in [1.29, 1.82) is 0 Å². The first kappa shape index (κ1) is 17.5. The highest BCUT2D eigenvalue weighted by molar-refractivity contribution is 5.98. The number of carbonyl (C=O) groups is 4. The fraction of sp³-hybridized carbons (Fsp3) is 0.375. The Morgan fingerprint density at radius 2 is 1.88 bits per heavy atom. The summed E-state index contributed by atoms with van der Waals surface area (Å²) in [6, 6.07) is 6.35. The maximum Gasteiger partial charge on any atom is 0.413 e. The molecule has 8 nitrogen and oxygen atoms in total. The van der Waals surface area contributed by atoms with Crippen molar-refractivity contribution in [1.82, 2.24) is 5.32 Å². The number of ether oxygens (including phenoxy) is 2. The van der Waals surface area contributed by atoms with Crippen molar-refractivity contribution < 1.29 is 28.7 Å². The maximum absolute atomic E-state index is 12.0. The SMILES string of the molecule is COC(=O)NC(=O)[C@@H](C)OC(=O)c1ccc(N2CCCC2=O)cc1. The average molecular weight is 334 g/mol. The molecule has 128 valence electrons. The third-order valence-corrected chi connectivity index (χ3v) is 3.55. The number of methoxy groups -OCH3 is 1. The summed E-state index contributed by atoms with van der Waals surface area (Å²) in [6.45, 7) is 2.00. The highest BCUT2D eigenvalue weighted by Crippen LogP contribution is 2.21. The van der Waals surface area contributed by atoms with Gasteiger partial charge < -0.3 is 14.4 Å². The Hall–Kier alpha value is -2.90. The number of benzene rings is 1. The van der Waals surface area contributed by atoms with Gasteiger partial charge in [0.05, 0.1) is 12.7 Å². The van der Waals surface area contributed by atoms with Gasteiger partial charge in [-0.15, -0.1) is 0 Å². The number of hydrogen-bond donors (Lipinski definition) is 1. The van der Waals surface area contributed by atoms with Gasteiger partial charge in [0.2, 0.25) is 5.91 Å². The number of alkyl carbamates (subject to hydrolysis) is 1. The van der Waals surface area contributed by atoms with Crippen LogP contribution >= 0.6 is 0 Å². The van der Waals surface area contributed by atoms with Crippen molar-refractivity contribution in [2.24, 2.45) is 0 Å². The lowest BCUT2D eigenvalue weighted by atomic mass is 10.2. The summed E-state index contributed by atoms with van der Waals surface area (Å²) in [5, 5.41) is 1.92. The van der Waals surface area contributed by atoms with Gasteiger partial charge in [-0.25, -0.2) is 9.59 Å². The predicted octanol–water partition coefficient (Wildman–Crippen LogP) is 1.24. The van der Waals surface area contributed by atoms with E-state index in [1.54, 1.807) is 17.0 Å². The summed E-state index contributed by atoms with van der Waals surface area (Å²) in [6.07, 6.45) is -0.745. The number of nitrogens with zero attached hydrogens (tertiary/aromatic N) is 1. The summed E-state index contributed by atoms with van der Waals surface area (Å²) in [4.78, 5) is 47.9. The van der Waals surface area contributed by atoms with Crippen molar-refractivity contribution in [3.8, 4) is 0 Å². The number of anilines is 1. The minimum atomic E-state index is -1.16. The van der Waals surface area contributed by atoms with Gasteiger partial charge in [-0.1, -0.05) is 0 Å². The zero-order chi connectivity index (χ0) is 17.7. The molecule has 0 unspecified atom stereocenters. The Morgan fingerprint density at radius 1 is 1.21 bits per heavy atom. The molecule has 3 amide bonds. The molecule has 0 spiro atoms. The van der Waals surface area contributed by atoms with Gasteiger partial charge in [-0.05, 0) is 37.6 Å². The first-order chi connectivity index (χ1) is 11.4. The minimum Gasteiger partial charge on any atom is -0.453 e. The molecule has 1 fully saturated rings. The summed E-state index contributed by atoms with van der Waals surface area (Å²) in [5.74, 6) is -1.44. The van der Waals surface area contributed by atoms with Gasteiger partial charge in [0.25, 0.3) is 5.91 Å². The molecule has 0 bridgehead atoms. The lowest BCUT2D eigenvalue weighted by Gasteiger charge is -2.16. The van der Waals surface area contributed by atoms with E-state index in [4.69, 9.17) is 4.74 Å². The summed E-state index contributed by atoms with van der Waals surface area (Å²) in [7, 11) is 1.12. The molecular weight excluding hydrogens is 316 g/mol. The predicted molar refractivity (Wildman–Crippen MR) is 83.5 cm³/mol. The highest BCUT2D eigenvalue weighted by Gasteiger charge is 2.23. The standard InChI is InChI=1S/C16H18N2O6/c1-10(14(20)17-16(22)23-2)24-15(21)11-5-7-12(8-6-11)18-9-3-4-13(18)19/h5-8,10H,3-4,9H2,1-2H3,(H,17,20,22)/t10-/m1/s1. The van der Waals surface area contributed by atoms with E-state index in [-0.39, 0.29) is 11.5 Å². The Labute approximate surface area is 138 Å². The number of rotatable bonds is 4. The number of amides is 3. The van der Waals surface area contributed by atoms with Gasteiger partial charge in [-0.2, -0.15) is 0 Å². The van der Waals surface area contributed by atoms with Crippen LogP contribution in [-0.4, -0.2) is 43.6 Å². The molecule has 1 aromatic carbocycles. The van der Waals surface area contributed by atoms with Crippen LogP contribution in [0.2, 0.25) is 0 Å². The van der Waals surface area contributed by atoms with E-state index < -0.39 is 24.1 Å². The quantitative estimate of drug-likeness (QED) is 0.831. The molecule has 8 heteroatoms. The molecular formula is C16H18N2O6. The van der Waals surface area contributed by atoms with Gasteiger partial charge in [-0.3, -0.25) is 14.9 Å². The van der Waals surface area contributed by atoms with Crippen molar-refractivity contribution in [3.63, 3.8) is 0 Å². The van der Waals surface area contributed by atoms with Crippen LogP contribution < -0.4 is 10.2 Å². The van der Waals surface area contributed by atoms with Crippen LogP contribution in [0.4, 0.5) is 10.5 Å². The monoisotopic (exact) mass is 334 g/mol. The zero-order valence-electron chi connectivity index (χ0n) is 13.4. The molecule has 2 rings (SSSR count). The second-order valence-electron chi connectivity index (χ2n) is 5.22. The molecule has 1 aliphatic rings. The number of esters is 1. The second-order valence-corrected chi connectivity index (χ2v) is 5.22. The van der Waals surface area contributed by atoms with Crippen LogP contribution in [-0.2, 0) is 19.1 Å². The molecule has 0 radical (unpaired) electrons. The topological polar surface area (TPSA) is 102 Å². The van der Waals surface area contributed by atoms with Gasteiger partial charge >= 0.3 is 12.1 Å². The van der Waals surface area contributed by atoms with Crippen LogP contribution in [0.5, 0.6) is 0 Å². The van der Waals surface area contributed by atoms with Crippen molar-refractivity contribution in [2.45, 2.75) is 25.9 Å². The number of hydrogen-bond acceptors (Lipinski definition) is 6. The van der Waals surface area contributed by atoms with Crippen molar-refractivity contribution in [2.75, 3.05) is 18.6 Å². The maximum atomic E-state index is 12.0. The normalized spacial score (nSPS) is 14.9. The van der Waals surface area contributed by atoms with E-state index in [1.807, 2.05) is 5.32 Å². The Morgan fingerprint density at radius 3 is 2.42 bits per heavy atom. The van der Waals surface area contributed by atoms with Crippen LogP contribution in [0.3, 0.4) is 0 Å². The van der Waals surface area contributed by atoms with E-state index in [9.17, 15) is 19.2 Å². The zero-order valence-corrected chi connectivity index (χ0v) is 13.4. The number of imide groups is 1. The van der Waals surface area contributed by atoms with Gasteiger partial charge in [0.15, 0.2) is 6.10 Å². The summed E-state index contributed by atoms with van der Waals surface area (Å²) >= 11 is 0. The highest BCUT2D eigenvalue weighted by atomic mass is 16.6. The van der Waals surface area contributed by atoms with E-state index in [1.165, 1.54) is 19.1 Å². The lowest BCUT2D eigenvalue weighted by Crippen LogP contribution is -2.39. The minimum absolute atomic E-state index is 0.0541. The van der Waals surface area contributed by atoms with Gasteiger partial charge in [0.1, 0.15) is 0 Å². The van der Waals surface area contributed by atoms with Crippen molar-refractivity contribution >= 4 is 29.6 Å². The van der Waals surface area contributed by atoms with E-state index in [2.05, 4.69) is 4.74 Å². The molecule has 1 heterocycles. The molecule has 0 saturated carbocycles. The fourth-order valence-electron chi connectivity index (χ4n) is 2.23. The first-order valence-electron chi connectivity index (χ1n) is 7.42. The fourth-order valence-corrected chi connectivity index (χ4v) is 2.23. The molecule has 1 saturated heterocycles. The molecule has 1 aromatic rings. The van der Waals surface area contributed by atoms with Crippen LogP contribution in [0, 0.1) is 0 Å². The Bertz CT molecular complexity index is 655. The van der Waals surface area contributed by atoms with E-state index >= 15 is 0 Å². The molecule has 1 N–H and O–H groups in total. The average Bonchev–Trinajstić information content (AvgIpc) is 3.00. The third-order valence-electron chi connectivity index (χ3n) is 3.55. The summed E-state index contributed by atoms with van der Waals surface area (Å²) in [5.41, 5.74) is 0.952. The molecule has 24 heavy (non-hydrogen) atoms.